The average molecular weight is 240 g/mol. The van der Waals surface area contributed by atoms with Gasteiger partial charge in [-0.05, 0) is 12.5 Å². The second-order valence-corrected chi connectivity index (χ2v) is 3.93. The van der Waals surface area contributed by atoms with E-state index in [1.165, 1.54) is 0 Å². The Kier molecular flexibility index (Phi) is 5.03. The molecule has 2 nitrogen and oxygen atoms in total. The number of terminal acetylenes is 2. The van der Waals surface area contributed by atoms with Crippen molar-refractivity contribution in [2.75, 3.05) is 6.61 Å². The van der Waals surface area contributed by atoms with Gasteiger partial charge < -0.3 is 4.74 Å². The van der Waals surface area contributed by atoms with Crippen molar-refractivity contribution in [3.63, 3.8) is 0 Å². The zero-order chi connectivity index (χ0) is 13.4. The molecule has 1 aromatic rings. The molecule has 1 aromatic carbocycles. The molecule has 0 bridgehead atoms. The van der Waals surface area contributed by atoms with Crippen LogP contribution in [-0.4, -0.2) is 12.6 Å². The molecule has 0 atom stereocenters. The van der Waals surface area contributed by atoms with E-state index in [1.807, 2.05) is 30.3 Å². The molecule has 0 spiro atoms. The first-order valence-electron chi connectivity index (χ1n) is 5.81. The molecule has 2 heteroatoms. The largest absolute Gasteiger partial charge is 0.465 e. The predicted molar refractivity (Wildman–Crippen MR) is 71.7 cm³/mol. The lowest BCUT2D eigenvalue weighted by molar-refractivity contribution is -0.149. The normalized spacial score (nSPS) is 10.2. The third-order valence-electron chi connectivity index (χ3n) is 2.80. The van der Waals surface area contributed by atoms with Crippen LogP contribution in [0.15, 0.2) is 30.3 Å². The van der Waals surface area contributed by atoms with Gasteiger partial charge in [0.2, 0.25) is 0 Å². The molecule has 0 aliphatic carbocycles. The summed E-state index contributed by atoms with van der Waals surface area (Å²) in [7, 11) is 0. The van der Waals surface area contributed by atoms with Gasteiger partial charge in [-0.3, -0.25) is 4.79 Å². The van der Waals surface area contributed by atoms with E-state index in [4.69, 9.17) is 17.6 Å². The van der Waals surface area contributed by atoms with E-state index in [0.717, 1.165) is 5.56 Å². The van der Waals surface area contributed by atoms with Crippen LogP contribution >= 0.6 is 0 Å². The molecule has 18 heavy (non-hydrogen) atoms. The lowest BCUT2D eigenvalue weighted by Crippen LogP contribution is -2.37. The standard InChI is InChI=1S/C16H16O2/c1-4-12-16(13-5-2,15(17)18-6-3)14-10-8-7-9-11-14/h1-2,7-11H,6,12-13H2,3H3. The Morgan fingerprint density at radius 2 is 1.78 bits per heavy atom. The Bertz CT molecular complexity index is 458. The number of hydrogen-bond acceptors (Lipinski definition) is 2. The quantitative estimate of drug-likeness (QED) is 0.584. The van der Waals surface area contributed by atoms with Crippen molar-refractivity contribution in [3.8, 4) is 24.7 Å². The fraction of sp³-hybridized carbons (Fsp3) is 0.312. The highest BCUT2D eigenvalue weighted by Crippen LogP contribution is 2.32. The highest BCUT2D eigenvalue weighted by molar-refractivity contribution is 5.84. The summed E-state index contributed by atoms with van der Waals surface area (Å²) < 4.78 is 5.14. The van der Waals surface area contributed by atoms with E-state index in [0.29, 0.717) is 6.61 Å². The van der Waals surface area contributed by atoms with Crippen LogP contribution in [0.4, 0.5) is 0 Å². The van der Waals surface area contributed by atoms with Gasteiger partial charge in [-0.1, -0.05) is 30.3 Å². The van der Waals surface area contributed by atoms with E-state index in [-0.39, 0.29) is 18.8 Å². The number of carbonyl (C=O) groups excluding carboxylic acids is 1. The van der Waals surface area contributed by atoms with Gasteiger partial charge in [-0.2, -0.15) is 0 Å². The second kappa shape index (κ2) is 6.52. The molecule has 0 saturated heterocycles. The van der Waals surface area contributed by atoms with Crippen LogP contribution in [0.5, 0.6) is 0 Å². The molecule has 0 fully saturated rings. The number of esters is 1. The zero-order valence-electron chi connectivity index (χ0n) is 10.5. The van der Waals surface area contributed by atoms with E-state index >= 15 is 0 Å². The van der Waals surface area contributed by atoms with Crippen LogP contribution in [0.2, 0.25) is 0 Å². The number of rotatable bonds is 5. The van der Waals surface area contributed by atoms with Crippen LogP contribution in [-0.2, 0) is 14.9 Å². The van der Waals surface area contributed by atoms with Gasteiger partial charge in [-0.15, -0.1) is 24.7 Å². The molecule has 0 aromatic heterocycles. The van der Waals surface area contributed by atoms with Crippen LogP contribution < -0.4 is 0 Å². The first-order valence-corrected chi connectivity index (χ1v) is 5.81. The zero-order valence-corrected chi connectivity index (χ0v) is 10.5. The molecular formula is C16H16O2. The summed E-state index contributed by atoms with van der Waals surface area (Å²) in [5.74, 6) is 4.72. The topological polar surface area (TPSA) is 26.3 Å². The highest BCUT2D eigenvalue weighted by Gasteiger charge is 2.40. The molecule has 0 aliphatic heterocycles. The number of hydrogen-bond donors (Lipinski definition) is 0. The summed E-state index contributed by atoms with van der Waals surface area (Å²) in [6.07, 6.45) is 11.3. The van der Waals surface area contributed by atoms with Crippen molar-refractivity contribution >= 4 is 5.97 Å². The number of carbonyl (C=O) groups is 1. The smallest absolute Gasteiger partial charge is 0.318 e. The highest BCUT2D eigenvalue weighted by atomic mass is 16.5. The molecule has 0 heterocycles. The van der Waals surface area contributed by atoms with Crippen molar-refractivity contribution in [2.45, 2.75) is 25.2 Å². The van der Waals surface area contributed by atoms with Gasteiger partial charge >= 0.3 is 5.97 Å². The lowest BCUT2D eigenvalue weighted by atomic mass is 9.75. The first-order chi connectivity index (χ1) is 8.71. The minimum atomic E-state index is -0.930. The average Bonchev–Trinajstić information content (AvgIpc) is 2.39. The third-order valence-corrected chi connectivity index (χ3v) is 2.80. The fourth-order valence-corrected chi connectivity index (χ4v) is 1.90. The Morgan fingerprint density at radius 1 is 1.22 bits per heavy atom. The fourth-order valence-electron chi connectivity index (χ4n) is 1.90. The first kappa shape index (κ1) is 13.9. The monoisotopic (exact) mass is 240 g/mol. The van der Waals surface area contributed by atoms with Crippen LogP contribution in [0.25, 0.3) is 0 Å². The van der Waals surface area contributed by atoms with Gasteiger partial charge in [0.25, 0.3) is 0 Å². The van der Waals surface area contributed by atoms with Crippen molar-refractivity contribution in [2.24, 2.45) is 0 Å². The SMILES string of the molecule is C#CCC(CC#C)(C(=O)OCC)c1ccccc1. The summed E-state index contributed by atoms with van der Waals surface area (Å²) in [5.41, 5.74) is -0.125. The Hall–Kier alpha value is -2.19. The molecule has 0 amide bonds. The summed E-state index contributed by atoms with van der Waals surface area (Å²) in [6, 6.07) is 9.30. The molecule has 0 saturated carbocycles. The minimum absolute atomic E-state index is 0.236. The predicted octanol–water partition coefficient (Wildman–Crippen LogP) is 2.53. The van der Waals surface area contributed by atoms with Gasteiger partial charge in [0.05, 0.1) is 6.61 Å². The summed E-state index contributed by atoms with van der Waals surface area (Å²) in [4.78, 5) is 12.2. The lowest BCUT2D eigenvalue weighted by Gasteiger charge is -2.28. The maximum absolute atomic E-state index is 12.2. The second-order valence-electron chi connectivity index (χ2n) is 3.93. The van der Waals surface area contributed by atoms with Crippen LogP contribution in [0.3, 0.4) is 0 Å². The van der Waals surface area contributed by atoms with Crippen molar-refractivity contribution in [1.82, 2.24) is 0 Å². The maximum atomic E-state index is 12.2. The van der Waals surface area contributed by atoms with Gasteiger partial charge in [0.1, 0.15) is 5.41 Å². The Balaban J connectivity index is 3.27. The molecule has 1 rings (SSSR count). The van der Waals surface area contributed by atoms with Gasteiger partial charge in [-0.25, -0.2) is 0 Å². The van der Waals surface area contributed by atoms with Gasteiger partial charge in [0, 0.05) is 12.8 Å². The molecule has 92 valence electrons. The number of benzene rings is 1. The molecule has 0 unspecified atom stereocenters. The maximum Gasteiger partial charge on any atom is 0.318 e. The van der Waals surface area contributed by atoms with E-state index in [9.17, 15) is 4.79 Å². The van der Waals surface area contributed by atoms with Crippen molar-refractivity contribution < 1.29 is 9.53 Å². The molecule has 0 aliphatic rings. The van der Waals surface area contributed by atoms with E-state index in [1.54, 1.807) is 6.92 Å². The molecular weight excluding hydrogens is 224 g/mol. The van der Waals surface area contributed by atoms with Gasteiger partial charge in [0.15, 0.2) is 0 Å². The number of ether oxygens (including phenoxy) is 1. The van der Waals surface area contributed by atoms with E-state index < -0.39 is 5.41 Å². The molecule has 0 radical (unpaired) electrons. The third kappa shape index (κ3) is 2.73. The van der Waals surface area contributed by atoms with E-state index in [2.05, 4.69) is 11.8 Å². The Morgan fingerprint density at radius 3 is 2.22 bits per heavy atom. The van der Waals surface area contributed by atoms with Crippen LogP contribution in [0, 0.1) is 24.7 Å². The summed E-state index contributed by atoms with van der Waals surface area (Å²) >= 11 is 0. The minimum Gasteiger partial charge on any atom is -0.465 e. The summed E-state index contributed by atoms with van der Waals surface area (Å²) in [6.45, 7) is 2.07. The Labute approximate surface area is 108 Å². The van der Waals surface area contributed by atoms with Crippen LogP contribution in [0.1, 0.15) is 25.3 Å². The molecule has 0 N–H and O–H groups in total. The van der Waals surface area contributed by atoms with Crippen molar-refractivity contribution in [1.29, 1.82) is 0 Å². The van der Waals surface area contributed by atoms with Crippen molar-refractivity contribution in [3.05, 3.63) is 35.9 Å². The summed E-state index contributed by atoms with van der Waals surface area (Å²) in [5, 5.41) is 0.